The Balaban J connectivity index is 1.70. The summed E-state index contributed by atoms with van der Waals surface area (Å²) >= 11 is 0. The molecule has 0 aromatic heterocycles. The van der Waals surface area contributed by atoms with Crippen LogP contribution in [0.1, 0.15) is 38.2 Å². The maximum absolute atomic E-state index is 13.1. The first kappa shape index (κ1) is 17.7. The highest BCUT2D eigenvalue weighted by Gasteiger charge is 2.44. The number of carbonyl (C=O) groups is 2. The first-order chi connectivity index (χ1) is 12.2. The van der Waals surface area contributed by atoms with E-state index in [-0.39, 0.29) is 29.6 Å². The van der Waals surface area contributed by atoms with Gasteiger partial charge in [0.1, 0.15) is 0 Å². The van der Waals surface area contributed by atoms with E-state index in [1.807, 2.05) is 23.1 Å². The summed E-state index contributed by atoms with van der Waals surface area (Å²) in [6, 6.07) is 10.1. The fourth-order valence-electron chi connectivity index (χ4n) is 3.97. The maximum atomic E-state index is 13.1. The van der Waals surface area contributed by atoms with Crippen molar-refractivity contribution in [2.75, 3.05) is 13.1 Å². The summed E-state index contributed by atoms with van der Waals surface area (Å²) in [7, 11) is 0. The average Bonchev–Trinajstić information content (AvgIpc) is 2.64. The number of nitrogens with zero attached hydrogens (tertiary/aromatic N) is 1. The Morgan fingerprint density at radius 1 is 1.28 bits per heavy atom. The fourth-order valence-corrected chi connectivity index (χ4v) is 3.97. The molecule has 25 heavy (non-hydrogen) atoms. The predicted molar refractivity (Wildman–Crippen MR) is 98.6 cm³/mol. The molecule has 3 rings (SSSR count). The van der Waals surface area contributed by atoms with Crippen LogP contribution < -0.4 is 5.32 Å². The van der Waals surface area contributed by atoms with Crippen molar-refractivity contribution in [1.29, 1.82) is 0 Å². The third kappa shape index (κ3) is 4.12. The zero-order valence-electron chi connectivity index (χ0n) is 15.0. The SMILES string of the molecule is CCCCNC(=O)C1CC=CC2CCN(Cc3ccccc3)C(=O)C21. The van der Waals surface area contributed by atoms with Gasteiger partial charge in [-0.05, 0) is 30.7 Å². The van der Waals surface area contributed by atoms with Crippen LogP contribution in [0.2, 0.25) is 0 Å². The van der Waals surface area contributed by atoms with Gasteiger partial charge in [0.05, 0.1) is 11.8 Å². The van der Waals surface area contributed by atoms with E-state index >= 15 is 0 Å². The molecule has 4 heteroatoms. The molecule has 1 saturated heterocycles. The van der Waals surface area contributed by atoms with Gasteiger partial charge in [0.15, 0.2) is 0 Å². The highest BCUT2D eigenvalue weighted by atomic mass is 16.2. The average molecular weight is 340 g/mol. The summed E-state index contributed by atoms with van der Waals surface area (Å²) in [5.41, 5.74) is 1.14. The van der Waals surface area contributed by atoms with Crippen molar-refractivity contribution < 1.29 is 9.59 Å². The Labute approximate surface area is 150 Å². The lowest BCUT2D eigenvalue weighted by atomic mass is 9.71. The number of carbonyl (C=O) groups excluding carboxylic acids is 2. The smallest absolute Gasteiger partial charge is 0.227 e. The number of nitrogens with one attached hydrogen (secondary N) is 1. The van der Waals surface area contributed by atoms with E-state index in [1.165, 1.54) is 0 Å². The third-order valence-electron chi connectivity index (χ3n) is 5.38. The number of amides is 2. The Hall–Kier alpha value is -2.10. The van der Waals surface area contributed by atoms with Gasteiger partial charge >= 0.3 is 0 Å². The maximum Gasteiger partial charge on any atom is 0.227 e. The molecule has 4 nitrogen and oxygen atoms in total. The normalized spacial score (nSPS) is 25.6. The molecule has 1 aromatic rings. The number of hydrogen-bond donors (Lipinski definition) is 1. The molecular formula is C21H28N2O2. The van der Waals surface area contributed by atoms with Gasteiger partial charge in [-0.15, -0.1) is 0 Å². The summed E-state index contributed by atoms with van der Waals surface area (Å²) in [6.07, 6.45) is 7.89. The van der Waals surface area contributed by atoms with Gasteiger partial charge < -0.3 is 10.2 Å². The van der Waals surface area contributed by atoms with E-state index in [0.717, 1.165) is 31.4 Å². The predicted octanol–water partition coefficient (Wildman–Crippen LogP) is 3.14. The lowest BCUT2D eigenvalue weighted by Gasteiger charge is -2.41. The molecule has 1 heterocycles. The van der Waals surface area contributed by atoms with Crippen LogP contribution in [-0.2, 0) is 16.1 Å². The van der Waals surface area contributed by atoms with Crippen LogP contribution in [0, 0.1) is 17.8 Å². The summed E-state index contributed by atoms with van der Waals surface area (Å²) in [4.78, 5) is 27.7. The van der Waals surface area contributed by atoms with Crippen LogP contribution in [-0.4, -0.2) is 29.8 Å². The monoisotopic (exact) mass is 340 g/mol. The van der Waals surface area contributed by atoms with Crippen molar-refractivity contribution in [2.24, 2.45) is 17.8 Å². The molecule has 0 radical (unpaired) electrons. The summed E-state index contributed by atoms with van der Waals surface area (Å²) < 4.78 is 0. The number of fused-ring (bicyclic) bond motifs is 1. The van der Waals surface area contributed by atoms with Crippen LogP contribution in [0.5, 0.6) is 0 Å². The van der Waals surface area contributed by atoms with E-state index in [1.54, 1.807) is 0 Å². The quantitative estimate of drug-likeness (QED) is 0.639. The highest BCUT2D eigenvalue weighted by molar-refractivity contribution is 5.89. The zero-order valence-corrected chi connectivity index (χ0v) is 15.0. The second-order valence-electron chi connectivity index (χ2n) is 7.14. The first-order valence-electron chi connectivity index (χ1n) is 9.47. The molecule has 3 atom stereocenters. The van der Waals surface area contributed by atoms with Crippen LogP contribution in [0.15, 0.2) is 42.5 Å². The second kappa shape index (κ2) is 8.32. The van der Waals surface area contributed by atoms with Crippen molar-refractivity contribution in [1.82, 2.24) is 10.2 Å². The molecule has 3 unspecified atom stereocenters. The summed E-state index contributed by atoms with van der Waals surface area (Å²) in [5, 5.41) is 3.03. The lowest BCUT2D eigenvalue weighted by Crippen LogP contribution is -2.51. The number of allylic oxidation sites excluding steroid dienone is 2. The molecule has 1 aromatic carbocycles. The van der Waals surface area contributed by atoms with E-state index in [9.17, 15) is 9.59 Å². The largest absolute Gasteiger partial charge is 0.356 e. The number of likely N-dealkylation sites (tertiary alicyclic amines) is 1. The summed E-state index contributed by atoms with van der Waals surface area (Å²) in [6.45, 7) is 4.21. The van der Waals surface area contributed by atoms with Crippen molar-refractivity contribution in [3.05, 3.63) is 48.0 Å². The van der Waals surface area contributed by atoms with Crippen LogP contribution in [0.25, 0.3) is 0 Å². The van der Waals surface area contributed by atoms with Crippen molar-refractivity contribution in [3.63, 3.8) is 0 Å². The van der Waals surface area contributed by atoms with Crippen LogP contribution in [0.4, 0.5) is 0 Å². The van der Waals surface area contributed by atoms with E-state index < -0.39 is 0 Å². The van der Waals surface area contributed by atoms with Crippen LogP contribution in [0.3, 0.4) is 0 Å². The number of rotatable bonds is 6. The molecule has 2 aliphatic rings. The van der Waals surface area contributed by atoms with E-state index in [2.05, 4.69) is 36.5 Å². The Bertz CT molecular complexity index is 626. The highest BCUT2D eigenvalue weighted by Crippen LogP contribution is 2.37. The molecule has 1 aliphatic heterocycles. The third-order valence-corrected chi connectivity index (χ3v) is 5.38. The molecule has 0 bridgehead atoms. The van der Waals surface area contributed by atoms with Gasteiger partial charge in [-0.3, -0.25) is 9.59 Å². The minimum absolute atomic E-state index is 0.0442. The molecule has 0 saturated carbocycles. The fraction of sp³-hybridized carbons (Fsp3) is 0.524. The van der Waals surface area contributed by atoms with Gasteiger partial charge in [0.2, 0.25) is 11.8 Å². The Morgan fingerprint density at radius 2 is 2.08 bits per heavy atom. The van der Waals surface area contributed by atoms with Gasteiger partial charge in [0.25, 0.3) is 0 Å². The Morgan fingerprint density at radius 3 is 2.84 bits per heavy atom. The van der Waals surface area contributed by atoms with Crippen molar-refractivity contribution in [3.8, 4) is 0 Å². The molecular weight excluding hydrogens is 312 g/mol. The zero-order chi connectivity index (χ0) is 17.6. The lowest BCUT2D eigenvalue weighted by molar-refractivity contribution is -0.148. The van der Waals surface area contributed by atoms with Crippen molar-refractivity contribution in [2.45, 2.75) is 39.2 Å². The van der Waals surface area contributed by atoms with Crippen LogP contribution >= 0.6 is 0 Å². The van der Waals surface area contributed by atoms with E-state index in [0.29, 0.717) is 19.5 Å². The standard InChI is InChI=1S/C21H28N2O2/c1-2-3-13-22-20(24)18-11-7-10-17-12-14-23(21(25)19(17)18)15-16-8-5-4-6-9-16/h4-10,17-19H,2-3,11-15H2,1H3,(H,22,24). The first-order valence-corrected chi connectivity index (χ1v) is 9.47. The van der Waals surface area contributed by atoms with Crippen molar-refractivity contribution >= 4 is 11.8 Å². The van der Waals surface area contributed by atoms with Gasteiger partial charge in [-0.1, -0.05) is 55.8 Å². The number of benzene rings is 1. The molecule has 0 spiro atoms. The van der Waals surface area contributed by atoms with E-state index in [4.69, 9.17) is 0 Å². The molecule has 1 N–H and O–H groups in total. The minimum Gasteiger partial charge on any atom is -0.356 e. The number of piperidine rings is 1. The Kier molecular flexibility index (Phi) is 5.90. The van der Waals surface area contributed by atoms with Gasteiger partial charge in [0, 0.05) is 19.6 Å². The minimum atomic E-state index is -0.224. The topological polar surface area (TPSA) is 49.4 Å². The second-order valence-corrected chi connectivity index (χ2v) is 7.14. The number of unbranched alkanes of at least 4 members (excludes halogenated alkanes) is 1. The molecule has 1 aliphatic carbocycles. The molecule has 134 valence electrons. The van der Waals surface area contributed by atoms with Gasteiger partial charge in [-0.25, -0.2) is 0 Å². The molecule has 1 fully saturated rings. The number of hydrogen-bond acceptors (Lipinski definition) is 2. The van der Waals surface area contributed by atoms with Gasteiger partial charge in [-0.2, -0.15) is 0 Å². The summed E-state index contributed by atoms with van der Waals surface area (Å²) in [5.74, 6) is -0.0416. The molecule has 2 amide bonds.